The van der Waals surface area contributed by atoms with Crippen molar-refractivity contribution in [2.75, 3.05) is 12.4 Å². The van der Waals surface area contributed by atoms with Crippen molar-refractivity contribution in [3.8, 4) is 0 Å². The number of aromatic nitrogens is 4. The SMILES string of the molecule is CNc1ncc(F)c(Sc2ncc(C)cn2)n1. The summed E-state index contributed by atoms with van der Waals surface area (Å²) in [5.41, 5.74) is 0.952. The first kappa shape index (κ1) is 11.7. The standard InChI is InChI=1S/C10H10FN5S/c1-6-3-14-10(15-4-6)17-8-7(11)5-13-9(12-2)16-8/h3-5H,1-2H3,(H,12,13,16). The van der Waals surface area contributed by atoms with E-state index in [2.05, 4.69) is 25.3 Å². The van der Waals surface area contributed by atoms with Gasteiger partial charge in [-0.05, 0) is 24.2 Å². The van der Waals surface area contributed by atoms with Gasteiger partial charge in [-0.15, -0.1) is 0 Å². The molecule has 0 fully saturated rings. The van der Waals surface area contributed by atoms with Crippen molar-refractivity contribution in [2.45, 2.75) is 17.1 Å². The number of nitrogens with zero attached hydrogens (tertiary/aromatic N) is 4. The second-order valence-electron chi connectivity index (χ2n) is 3.24. The Kier molecular flexibility index (Phi) is 3.48. The smallest absolute Gasteiger partial charge is 0.223 e. The molecule has 7 heteroatoms. The fourth-order valence-electron chi connectivity index (χ4n) is 1.06. The summed E-state index contributed by atoms with van der Waals surface area (Å²) in [4.78, 5) is 15.9. The van der Waals surface area contributed by atoms with Crippen LogP contribution in [0.2, 0.25) is 0 Å². The van der Waals surface area contributed by atoms with Crippen LogP contribution in [0.5, 0.6) is 0 Å². The molecule has 0 radical (unpaired) electrons. The fourth-order valence-corrected chi connectivity index (χ4v) is 1.73. The second kappa shape index (κ2) is 5.05. The highest BCUT2D eigenvalue weighted by molar-refractivity contribution is 7.99. The van der Waals surface area contributed by atoms with E-state index >= 15 is 0 Å². The third-order valence-corrected chi connectivity index (χ3v) is 2.75. The van der Waals surface area contributed by atoms with E-state index in [1.54, 1.807) is 19.4 Å². The molecule has 17 heavy (non-hydrogen) atoms. The van der Waals surface area contributed by atoms with Crippen LogP contribution >= 0.6 is 11.8 Å². The number of hydrogen-bond donors (Lipinski definition) is 1. The van der Waals surface area contributed by atoms with Crippen molar-refractivity contribution in [3.63, 3.8) is 0 Å². The first-order valence-corrected chi connectivity index (χ1v) is 5.67. The molecule has 0 aliphatic rings. The van der Waals surface area contributed by atoms with Crippen LogP contribution in [0.4, 0.5) is 10.3 Å². The van der Waals surface area contributed by atoms with Gasteiger partial charge in [-0.1, -0.05) is 0 Å². The summed E-state index contributed by atoms with van der Waals surface area (Å²) in [7, 11) is 1.67. The van der Waals surface area contributed by atoms with Gasteiger partial charge in [-0.25, -0.2) is 24.3 Å². The lowest BCUT2D eigenvalue weighted by molar-refractivity contribution is 0.579. The summed E-state index contributed by atoms with van der Waals surface area (Å²) < 4.78 is 13.4. The Hall–Kier alpha value is -1.76. The van der Waals surface area contributed by atoms with E-state index in [1.165, 1.54) is 0 Å². The van der Waals surface area contributed by atoms with Gasteiger partial charge in [-0.2, -0.15) is 0 Å². The maximum Gasteiger partial charge on any atom is 0.223 e. The topological polar surface area (TPSA) is 63.6 Å². The molecule has 5 nitrogen and oxygen atoms in total. The quantitative estimate of drug-likeness (QED) is 0.664. The van der Waals surface area contributed by atoms with E-state index in [1.807, 2.05) is 6.92 Å². The van der Waals surface area contributed by atoms with Crippen LogP contribution in [0, 0.1) is 12.7 Å². The molecule has 0 saturated heterocycles. The molecule has 2 aromatic rings. The summed E-state index contributed by atoms with van der Waals surface area (Å²) in [5.74, 6) is -0.126. The lowest BCUT2D eigenvalue weighted by Gasteiger charge is -2.03. The first-order valence-electron chi connectivity index (χ1n) is 4.86. The van der Waals surface area contributed by atoms with Crippen molar-refractivity contribution < 1.29 is 4.39 Å². The molecule has 0 bridgehead atoms. The van der Waals surface area contributed by atoms with E-state index in [4.69, 9.17) is 0 Å². The molecule has 0 aliphatic carbocycles. The third kappa shape index (κ3) is 2.88. The van der Waals surface area contributed by atoms with Crippen LogP contribution in [0.3, 0.4) is 0 Å². The Morgan fingerprint density at radius 3 is 2.53 bits per heavy atom. The first-order chi connectivity index (χ1) is 8.19. The zero-order valence-corrected chi connectivity index (χ0v) is 10.1. The monoisotopic (exact) mass is 251 g/mol. The van der Waals surface area contributed by atoms with Gasteiger partial charge < -0.3 is 5.32 Å². The minimum absolute atomic E-state index is 0.202. The number of aryl methyl sites for hydroxylation is 1. The number of rotatable bonds is 3. The molecule has 1 N–H and O–H groups in total. The summed E-state index contributed by atoms with van der Waals surface area (Å²) in [6.45, 7) is 1.89. The predicted molar refractivity (Wildman–Crippen MR) is 62.4 cm³/mol. The second-order valence-corrected chi connectivity index (χ2v) is 4.20. The number of nitrogens with one attached hydrogen (secondary N) is 1. The number of hydrogen-bond acceptors (Lipinski definition) is 6. The van der Waals surface area contributed by atoms with Gasteiger partial charge in [0.2, 0.25) is 5.95 Å². The molecule has 0 amide bonds. The molecule has 0 atom stereocenters. The largest absolute Gasteiger partial charge is 0.357 e. The van der Waals surface area contributed by atoms with Crippen molar-refractivity contribution >= 4 is 17.7 Å². The van der Waals surface area contributed by atoms with Crippen molar-refractivity contribution in [1.29, 1.82) is 0 Å². The van der Waals surface area contributed by atoms with Gasteiger partial charge in [0.25, 0.3) is 0 Å². The van der Waals surface area contributed by atoms with Gasteiger partial charge in [0.1, 0.15) is 5.03 Å². The van der Waals surface area contributed by atoms with Gasteiger partial charge in [0.15, 0.2) is 11.0 Å². The van der Waals surface area contributed by atoms with E-state index < -0.39 is 5.82 Å². The highest BCUT2D eigenvalue weighted by atomic mass is 32.2. The lowest BCUT2D eigenvalue weighted by atomic mass is 10.4. The molecular weight excluding hydrogens is 241 g/mol. The van der Waals surface area contributed by atoms with Gasteiger partial charge in [-0.3, -0.25) is 0 Å². The summed E-state index contributed by atoms with van der Waals surface area (Å²) >= 11 is 1.06. The highest BCUT2D eigenvalue weighted by Gasteiger charge is 2.09. The molecule has 2 rings (SSSR count). The Morgan fingerprint density at radius 2 is 1.88 bits per heavy atom. The summed E-state index contributed by atoms with van der Waals surface area (Å²) in [6.07, 6.45) is 4.47. The normalized spacial score (nSPS) is 10.3. The molecule has 0 aliphatic heterocycles. The molecular formula is C10H10FN5S. The predicted octanol–water partition coefficient (Wildman–Crippen LogP) is 1.91. The van der Waals surface area contributed by atoms with Crippen molar-refractivity contribution in [1.82, 2.24) is 19.9 Å². The fraction of sp³-hybridized carbons (Fsp3) is 0.200. The van der Waals surface area contributed by atoms with E-state index in [-0.39, 0.29) is 5.03 Å². The Bertz CT molecular complexity index is 517. The molecule has 0 saturated carbocycles. The van der Waals surface area contributed by atoms with Crippen molar-refractivity contribution in [2.24, 2.45) is 0 Å². The molecule has 2 heterocycles. The van der Waals surface area contributed by atoms with Crippen LogP contribution in [0.1, 0.15) is 5.56 Å². The maximum atomic E-state index is 13.4. The van der Waals surface area contributed by atoms with Crippen molar-refractivity contribution in [3.05, 3.63) is 30.0 Å². The average molecular weight is 251 g/mol. The Labute approximate surface area is 102 Å². The van der Waals surface area contributed by atoms with E-state index in [9.17, 15) is 4.39 Å². The zero-order valence-electron chi connectivity index (χ0n) is 9.31. The van der Waals surface area contributed by atoms with E-state index in [0.717, 1.165) is 23.5 Å². The Morgan fingerprint density at radius 1 is 1.18 bits per heavy atom. The van der Waals surface area contributed by atoms with Crippen LogP contribution in [-0.2, 0) is 0 Å². The van der Waals surface area contributed by atoms with E-state index in [0.29, 0.717) is 11.1 Å². The lowest BCUT2D eigenvalue weighted by Crippen LogP contribution is -1.99. The zero-order chi connectivity index (χ0) is 12.3. The third-order valence-electron chi connectivity index (χ3n) is 1.88. The van der Waals surface area contributed by atoms with Gasteiger partial charge in [0.05, 0.1) is 6.20 Å². The average Bonchev–Trinajstić information content (AvgIpc) is 2.35. The van der Waals surface area contributed by atoms with Crippen LogP contribution in [-0.4, -0.2) is 27.0 Å². The summed E-state index contributed by atoms with van der Waals surface area (Å²) in [6, 6.07) is 0. The van der Waals surface area contributed by atoms with Crippen LogP contribution < -0.4 is 5.32 Å². The molecule has 0 aromatic carbocycles. The number of halogens is 1. The number of anilines is 1. The minimum Gasteiger partial charge on any atom is -0.357 e. The van der Waals surface area contributed by atoms with Crippen LogP contribution in [0.15, 0.2) is 28.8 Å². The molecule has 88 valence electrons. The molecule has 2 aromatic heterocycles. The minimum atomic E-state index is -0.488. The van der Waals surface area contributed by atoms with Crippen LogP contribution in [0.25, 0.3) is 0 Å². The molecule has 0 spiro atoms. The highest BCUT2D eigenvalue weighted by Crippen LogP contribution is 2.25. The Balaban J connectivity index is 2.25. The maximum absolute atomic E-state index is 13.4. The summed E-state index contributed by atoms with van der Waals surface area (Å²) in [5, 5.41) is 3.40. The van der Waals surface area contributed by atoms with Gasteiger partial charge >= 0.3 is 0 Å². The molecule has 0 unspecified atom stereocenters. The van der Waals surface area contributed by atoms with Gasteiger partial charge in [0, 0.05) is 19.4 Å².